The van der Waals surface area contributed by atoms with Gasteiger partial charge in [-0.05, 0) is 45.4 Å². The molecule has 5 amide bonds. The van der Waals surface area contributed by atoms with Crippen molar-refractivity contribution < 1.29 is 28.7 Å². The van der Waals surface area contributed by atoms with Gasteiger partial charge in [0, 0.05) is 10.9 Å². The minimum Gasteiger partial charge on any atom is -0.443 e. The maximum absolute atomic E-state index is 12.8. The van der Waals surface area contributed by atoms with Crippen molar-refractivity contribution in [2.75, 3.05) is 0 Å². The van der Waals surface area contributed by atoms with Crippen LogP contribution in [0.3, 0.4) is 0 Å². The van der Waals surface area contributed by atoms with Crippen LogP contribution in [0.1, 0.15) is 54.3 Å². The van der Waals surface area contributed by atoms with E-state index >= 15 is 0 Å². The predicted octanol–water partition coefficient (Wildman–Crippen LogP) is 2.50. The third kappa shape index (κ3) is 3.39. The Morgan fingerprint density at radius 1 is 1.11 bits per heavy atom. The van der Waals surface area contributed by atoms with Gasteiger partial charge in [0.1, 0.15) is 11.6 Å². The molecule has 1 fully saturated rings. The van der Waals surface area contributed by atoms with Crippen molar-refractivity contribution in [1.29, 1.82) is 0 Å². The van der Waals surface area contributed by atoms with E-state index in [-0.39, 0.29) is 24.0 Å². The molecule has 1 saturated heterocycles. The van der Waals surface area contributed by atoms with Gasteiger partial charge in [-0.3, -0.25) is 24.1 Å². The number of hydrogen-bond donors (Lipinski definition) is 0. The number of hydrogen-bond acceptors (Lipinski definition) is 6. The Morgan fingerprint density at radius 3 is 2.37 bits per heavy atom. The van der Waals surface area contributed by atoms with Gasteiger partial charge in [-0.2, -0.15) is 4.90 Å². The van der Waals surface area contributed by atoms with Crippen LogP contribution >= 0.6 is 15.9 Å². The largest absolute Gasteiger partial charge is 0.443 e. The normalized spacial score (nSPS) is 20.2. The molecule has 0 aliphatic carbocycles. The molecule has 9 heteroatoms. The molecule has 0 N–H and O–H groups in total. The van der Waals surface area contributed by atoms with Crippen molar-refractivity contribution in [1.82, 2.24) is 9.80 Å². The summed E-state index contributed by atoms with van der Waals surface area (Å²) in [4.78, 5) is 63.8. The van der Waals surface area contributed by atoms with Crippen LogP contribution in [0.2, 0.25) is 0 Å². The summed E-state index contributed by atoms with van der Waals surface area (Å²) in [6.45, 7) is 4.80. The van der Waals surface area contributed by atoms with E-state index in [1.54, 1.807) is 26.8 Å². The number of amides is 5. The van der Waals surface area contributed by atoms with Crippen LogP contribution in [0.4, 0.5) is 4.79 Å². The first-order chi connectivity index (χ1) is 12.5. The van der Waals surface area contributed by atoms with Gasteiger partial charge in [0.2, 0.25) is 5.91 Å². The molecule has 2 heterocycles. The highest BCUT2D eigenvalue weighted by molar-refractivity contribution is 9.10. The standard InChI is InChI=1S/C18H17BrN2O6/c1-18(2,3)27-17(26)21-13(22)7-6-12(16(21)25)20-14(23)10-5-4-9(19)8-11(10)15(20)24/h4-5,8,12H,6-7H2,1-3H3. The van der Waals surface area contributed by atoms with E-state index in [0.29, 0.717) is 9.37 Å². The van der Waals surface area contributed by atoms with Gasteiger partial charge in [0.05, 0.1) is 11.1 Å². The second-order valence-corrected chi connectivity index (χ2v) is 8.19. The molecule has 0 aromatic heterocycles. The van der Waals surface area contributed by atoms with E-state index in [1.165, 1.54) is 12.1 Å². The highest BCUT2D eigenvalue weighted by Gasteiger charge is 2.49. The molecule has 0 radical (unpaired) electrons. The number of halogens is 1. The topological polar surface area (TPSA) is 101 Å². The van der Waals surface area contributed by atoms with Crippen molar-refractivity contribution in [2.45, 2.75) is 45.3 Å². The van der Waals surface area contributed by atoms with Gasteiger partial charge in [0.15, 0.2) is 0 Å². The van der Waals surface area contributed by atoms with E-state index in [1.807, 2.05) is 0 Å². The SMILES string of the molecule is CC(C)(C)OC(=O)N1C(=O)CCC(N2C(=O)c3ccc(Br)cc3C2=O)C1=O. The Balaban J connectivity index is 1.91. The summed E-state index contributed by atoms with van der Waals surface area (Å²) >= 11 is 3.24. The molecule has 142 valence electrons. The summed E-state index contributed by atoms with van der Waals surface area (Å²) in [7, 11) is 0. The molecule has 1 unspecified atom stereocenters. The molecule has 0 bridgehead atoms. The highest BCUT2D eigenvalue weighted by atomic mass is 79.9. The van der Waals surface area contributed by atoms with Crippen molar-refractivity contribution in [3.05, 3.63) is 33.8 Å². The molecule has 0 saturated carbocycles. The van der Waals surface area contributed by atoms with Crippen LogP contribution in [0.15, 0.2) is 22.7 Å². The lowest BCUT2D eigenvalue weighted by Gasteiger charge is -2.34. The van der Waals surface area contributed by atoms with E-state index in [0.717, 1.165) is 4.90 Å². The van der Waals surface area contributed by atoms with Gasteiger partial charge >= 0.3 is 6.09 Å². The van der Waals surface area contributed by atoms with Gasteiger partial charge in [-0.15, -0.1) is 0 Å². The number of nitrogens with zero attached hydrogens (tertiary/aromatic N) is 2. The molecular weight excluding hydrogens is 420 g/mol. The first-order valence-electron chi connectivity index (χ1n) is 8.28. The number of likely N-dealkylation sites (tertiary alicyclic amines) is 1. The van der Waals surface area contributed by atoms with Gasteiger partial charge in [-0.25, -0.2) is 4.79 Å². The maximum Gasteiger partial charge on any atom is 0.424 e. The Hall–Kier alpha value is -2.55. The van der Waals surface area contributed by atoms with Crippen molar-refractivity contribution >= 4 is 45.7 Å². The fraction of sp³-hybridized carbons (Fsp3) is 0.389. The summed E-state index contributed by atoms with van der Waals surface area (Å²) in [6.07, 6.45) is -1.31. The summed E-state index contributed by atoms with van der Waals surface area (Å²) in [5, 5.41) is 0. The maximum atomic E-state index is 12.8. The number of ether oxygens (including phenoxy) is 1. The first-order valence-corrected chi connectivity index (χ1v) is 9.08. The Morgan fingerprint density at radius 2 is 1.74 bits per heavy atom. The number of carbonyl (C=O) groups excluding carboxylic acids is 5. The van der Waals surface area contributed by atoms with E-state index in [2.05, 4.69) is 15.9 Å². The zero-order valence-corrected chi connectivity index (χ0v) is 16.5. The van der Waals surface area contributed by atoms with Crippen LogP contribution in [-0.2, 0) is 14.3 Å². The molecular formula is C18H17BrN2O6. The molecule has 2 aliphatic heterocycles. The Kier molecular flexibility index (Phi) is 4.67. The number of fused-ring (bicyclic) bond motifs is 1. The van der Waals surface area contributed by atoms with Crippen molar-refractivity contribution in [3.63, 3.8) is 0 Å². The monoisotopic (exact) mass is 436 g/mol. The molecule has 2 aliphatic rings. The summed E-state index contributed by atoms with van der Waals surface area (Å²) in [6, 6.07) is 3.37. The number of benzene rings is 1. The summed E-state index contributed by atoms with van der Waals surface area (Å²) < 4.78 is 5.73. The smallest absolute Gasteiger partial charge is 0.424 e. The molecule has 3 rings (SSSR count). The quantitative estimate of drug-likeness (QED) is 0.626. The number of imide groups is 4. The summed E-state index contributed by atoms with van der Waals surface area (Å²) in [5.74, 6) is -2.91. The van der Waals surface area contributed by atoms with Crippen molar-refractivity contribution in [2.24, 2.45) is 0 Å². The van der Waals surface area contributed by atoms with E-state index in [9.17, 15) is 24.0 Å². The van der Waals surface area contributed by atoms with Crippen LogP contribution < -0.4 is 0 Å². The third-order valence-electron chi connectivity index (χ3n) is 4.15. The molecule has 1 atom stereocenters. The van der Waals surface area contributed by atoms with Crippen LogP contribution in [0, 0.1) is 0 Å². The molecule has 8 nitrogen and oxygen atoms in total. The van der Waals surface area contributed by atoms with Crippen molar-refractivity contribution in [3.8, 4) is 0 Å². The van der Waals surface area contributed by atoms with Crippen LogP contribution in [-0.4, -0.2) is 51.2 Å². The van der Waals surface area contributed by atoms with Crippen LogP contribution in [0.5, 0.6) is 0 Å². The Labute approximate surface area is 163 Å². The lowest BCUT2D eigenvalue weighted by atomic mass is 10.0. The molecule has 1 aromatic rings. The van der Waals surface area contributed by atoms with Crippen LogP contribution in [0.25, 0.3) is 0 Å². The molecule has 1 aromatic carbocycles. The Bertz CT molecular complexity index is 888. The van der Waals surface area contributed by atoms with E-state index in [4.69, 9.17) is 4.74 Å². The molecule has 0 spiro atoms. The van der Waals surface area contributed by atoms with Gasteiger partial charge in [0.25, 0.3) is 17.7 Å². The average molecular weight is 437 g/mol. The second-order valence-electron chi connectivity index (χ2n) is 7.27. The number of rotatable bonds is 1. The zero-order chi connectivity index (χ0) is 20.1. The average Bonchev–Trinajstić information content (AvgIpc) is 2.77. The van der Waals surface area contributed by atoms with Gasteiger partial charge < -0.3 is 4.74 Å². The van der Waals surface area contributed by atoms with Gasteiger partial charge in [-0.1, -0.05) is 15.9 Å². The minimum atomic E-state index is -1.23. The first kappa shape index (κ1) is 19.2. The fourth-order valence-electron chi connectivity index (χ4n) is 3.02. The lowest BCUT2D eigenvalue weighted by Crippen LogP contribution is -2.58. The third-order valence-corrected chi connectivity index (χ3v) is 4.65. The zero-order valence-electron chi connectivity index (χ0n) is 14.9. The second kappa shape index (κ2) is 6.56. The number of carbonyl (C=O) groups is 5. The lowest BCUT2D eigenvalue weighted by molar-refractivity contribution is -0.149. The van der Waals surface area contributed by atoms with E-state index < -0.39 is 41.4 Å². The fourth-order valence-corrected chi connectivity index (χ4v) is 3.38. The predicted molar refractivity (Wildman–Crippen MR) is 95.8 cm³/mol. The molecule has 27 heavy (non-hydrogen) atoms. The highest BCUT2D eigenvalue weighted by Crippen LogP contribution is 2.31. The number of piperidine rings is 1. The minimum absolute atomic E-state index is 0.0381. The summed E-state index contributed by atoms with van der Waals surface area (Å²) in [5.41, 5.74) is -0.563.